The van der Waals surface area contributed by atoms with Crippen molar-refractivity contribution in [1.29, 1.82) is 0 Å². The number of carbonyl (C=O) groups excluding carboxylic acids is 1. The number of hydrogen-bond acceptors (Lipinski definition) is 4. The predicted molar refractivity (Wildman–Crippen MR) is 94.0 cm³/mol. The summed E-state index contributed by atoms with van der Waals surface area (Å²) in [5, 5.41) is 12.0. The zero-order valence-corrected chi connectivity index (χ0v) is 15.3. The first kappa shape index (κ1) is 17.7. The monoisotopic (exact) mass is 366 g/mol. The van der Waals surface area contributed by atoms with Gasteiger partial charge >= 0.3 is 5.97 Å². The molecule has 1 amide bonds. The maximum atomic E-state index is 12.4. The van der Waals surface area contributed by atoms with Gasteiger partial charge in [0, 0.05) is 12.2 Å². The standard InChI is InChI=1S/C17H22N2O5S/c1-17(2)13(14(17)16(21)22)15(20)18-11-6-7-12-10(9-11)5-4-8-19(12)25(3,23)24/h6-7,9,13-14H,4-5,8H2,1-3H3,(H,18,20)(H,21,22)/t13-,14+/m0/s1. The number of rotatable bonds is 4. The number of anilines is 2. The zero-order valence-electron chi connectivity index (χ0n) is 14.4. The van der Waals surface area contributed by atoms with Gasteiger partial charge < -0.3 is 10.4 Å². The summed E-state index contributed by atoms with van der Waals surface area (Å²) >= 11 is 0. The third-order valence-corrected chi connectivity index (χ3v) is 6.38. The van der Waals surface area contributed by atoms with Gasteiger partial charge in [0.2, 0.25) is 15.9 Å². The van der Waals surface area contributed by atoms with Crippen LogP contribution in [0, 0.1) is 17.3 Å². The quantitative estimate of drug-likeness (QED) is 0.844. The van der Waals surface area contributed by atoms with Crippen LogP contribution in [0.5, 0.6) is 0 Å². The Morgan fingerprint density at radius 3 is 2.52 bits per heavy atom. The van der Waals surface area contributed by atoms with E-state index < -0.39 is 33.2 Å². The van der Waals surface area contributed by atoms with Gasteiger partial charge in [-0.2, -0.15) is 0 Å². The average Bonchev–Trinajstić information content (AvgIpc) is 3.08. The maximum Gasteiger partial charge on any atom is 0.307 e. The molecule has 2 aliphatic rings. The van der Waals surface area contributed by atoms with E-state index >= 15 is 0 Å². The Hall–Kier alpha value is -2.09. The lowest BCUT2D eigenvalue weighted by Crippen LogP contribution is -2.34. The molecule has 2 N–H and O–H groups in total. The molecule has 0 radical (unpaired) electrons. The van der Waals surface area contributed by atoms with E-state index in [-0.39, 0.29) is 5.91 Å². The highest BCUT2D eigenvalue weighted by Gasteiger charge is 2.65. The van der Waals surface area contributed by atoms with E-state index in [9.17, 15) is 23.1 Å². The largest absolute Gasteiger partial charge is 0.481 e. The molecule has 0 bridgehead atoms. The number of amides is 1. The minimum Gasteiger partial charge on any atom is -0.481 e. The molecule has 136 valence electrons. The van der Waals surface area contributed by atoms with Crippen LogP contribution in [0.3, 0.4) is 0 Å². The molecule has 7 nitrogen and oxygen atoms in total. The van der Waals surface area contributed by atoms with Crippen molar-refractivity contribution in [3.8, 4) is 0 Å². The third kappa shape index (κ3) is 3.10. The van der Waals surface area contributed by atoms with Crippen LogP contribution >= 0.6 is 0 Å². The Morgan fingerprint density at radius 1 is 1.28 bits per heavy atom. The summed E-state index contributed by atoms with van der Waals surface area (Å²) in [5.74, 6) is -2.51. The SMILES string of the molecule is CC1(C)[C@H](C(=O)Nc2ccc3c(c2)CCCN3S(C)(=O)=O)[C@@H]1C(=O)O. The average molecular weight is 366 g/mol. The van der Waals surface area contributed by atoms with Gasteiger partial charge in [0.15, 0.2) is 0 Å². The highest BCUT2D eigenvalue weighted by Crippen LogP contribution is 2.58. The van der Waals surface area contributed by atoms with Crippen molar-refractivity contribution in [2.45, 2.75) is 26.7 Å². The summed E-state index contributed by atoms with van der Waals surface area (Å²) in [5.41, 5.74) is 1.50. The number of aryl methyl sites for hydroxylation is 1. The van der Waals surface area contributed by atoms with E-state index in [1.165, 1.54) is 10.6 Å². The number of aliphatic carboxylic acids is 1. The Morgan fingerprint density at radius 2 is 1.96 bits per heavy atom. The number of carboxylic acids is 1. The Kier molecular flexibility index (Phi) is 4.06. The minimum atomic E-state index is -3.33. The second-order valence-electron chi connectivity index (χ2n) is 7.39. The molecule has 1 aromatic carbocycles. The lowest BCUT2D eigenvalue weighted by molar-refractivity contribution is -0.140. The molecule has 1 aliphatic heterocycles. The zero-order chi connectivity index (χ0) is 18.6. The normalized spacial score (nSPS) is 24.4. The van der Waals surface area contributed by atoms with Crippen LogP contribution in [0.15, 0.2) is 18.2 Å². The van der Waals surface area contributed by atoms with E-state index in [1.807, 2.05) is 0 Å². The van der Waals surface area contributed by atoms with Crippen LogP contribution in [0.25, 0.3) is 0 Å². The molecule has 1 fully saturated rings. The van der Waals surface area contributed by atoms with Gasteiger partial charge in [0.25, 0.3) is 0 Å². The summed E-state index contributed by atoms with van der Waals surface area (Å²) in [6.45, 7) is 3.99. The number of carboxylic acid groups (broad SMARTS) is 1. The second-order valence-corrected chi connectivity index (χ2v) is 9.29. The van der Waals surface area contributed by atoms with Crippen LogP contribution < -0.4 is 9.62 Å². The molecule has 2 atom stereocenters. The number of hydrogen-bond donors (Lipinski definition) is 2. The first-order valence-corrected chi connectivity index (χ1v) is 10.0. The summed E-state index contributed by atoms with van der Waals surface area (Å²) in [6, 6.07) is 5.12. The number of fused-ring (bicyclic) bond motifs is 1. The summed E-state index contributed by atoms with van der Waals surface area (Å²) < 4.78 is 25.1. The minimum absolute atomic E-state index is 0.312. The van der Waals surface area contributed by atoms with E-state index in [0.29, 0.717) is 24.3 Å². The molecule has 0 saturated heterocycles. The number of nitrogens with one attached hydrogen (secondary N) is 1. The third-order valence-electron chi connectivity index (χ3n) is 5.20. The number of nitrogens with zero attached hydrogens (tertiary/aromatic N) is 1. The van der Waals surface area contributed by atoms with E-state index in [4.69, 9.17) is 0 Å². The fraction of sp³-hybridized carbons (Fsp3) is 0.529. The van der Waals surface area contributed by atoms with E-state index in [0.717, 1.165) is 12.0 Å². The van der Waals surface area contributed by atoms with Gasteiger partial charge in [0.1, 0.15) is 0 Å². The topological polar surface area (TPSA) is 104 Å². The fourth-order valence-electron chi connectivity index (χ4n) is 3.79. The molecule has 0 aromatic heterocycles. The molecule has 3 rings (SSSR count). The van der Waals surface area contributed by atoms with E-state index in [1.54, 1.807) is 32.0 Å². The van der Waals surface area contributed by atoms with Crippen LogP contribution in [-0.4, -0.2) is 38.2 Å². The Bertz CT molecular complexity index is 847. The van der Waals surface area contributed by atoms with Gasteiger partial charge in [-0.25, -0.2) is 8.42 Å². The Balaban J connectivity index is 1.80. The van der Waals surface area contributed by atoms with Crippen LogP contribution in [-0.2, 0) is 26.0 Å². The fourth-order valence-corrected chi connectivity index (χ4v) is 4.79. The molecule has 0 unspecified atom stereocenters. The van der Waals surface area contributed by atoms with Crippen molar-refractivity contribution in [3.63, 3.8) is 0 Å². The van der Waals surface area contributed by atoms with Gasteiger partial charge in [-0.15, -0.1) is 0 Å². The van der Waals surface area contributed by atoms with Crippen molar-refractivity contribution < 1.29 is 23.1 Å². The lowest BCUT2D eigenvalue weighted by Gasteiger charge is -2.29. The van der Waals surface area contributed by atoms with Gasteiger partial charge in [0.05, 0.1) is 23.8 Å². The Labute approximate surface area is 147 Å². The molecule has 1 aliphatic carbocycles. The molecule has 0 spiro atoms. The maximum absolute atomic E-state index is 12.4. The van der Waals surface area contributed by atoms with E-state index in [2.05, 4.69) is 5.32 Å². The van der Waals surface area contributed by atoms with Crippen molar-refractivity contribution in [2.75, 3.05) is 22.4 Å². The van der Waals surface area contributed by atoms with Gasteiger partial charge in [-0.3, -0.25) is 13.9 Å². The molecular weight excluding hydrogens is 344 g/mol. The van der Waals surface area contributed by atoms with Crippen molar-refractivity contribution in [1.82, 2.24) is 0 Å². The summed E-state index contributed by atoms with van der Waals surface area (Å²) in [7, 11) is -3.33. The first-order chi connectivity index (χ1) is 11.5. The second kappa shape index (κ2) is 5.72. The summed E-state index contributed by atoms with van der Waals surface area (Å²) in [6.07, 6.45) is 2.63. The summed E-state index contributed by atoms with van der Waals surface area (Å²) in [4.78, 5) is 23.6. The molecule has 1 heterocycles. The van der Waals surface area contributed by atoms with Crippen molar-refractivity contribution in [2.24, 2.45) is 17.3 Å². The lowest BCUT2D eigenvalue weighted by atomic mass is 10.0. The molecule has 8 heteroatoms. The molecule has 1 aromatic rings. The number of carbonyl (C=O) groups is 2. The van der Waals surface area contributed by atoms with Crippen LogP contribution in [0.1, 0.15) is 25.8 Å². The molecular formula is C17H22N2O5S. The highest BCUT2D eigenvalue weighted by molar-refractivity contribution is 7.92. The van der Waals surface area contributed by atoms with Gasteiger partial charge in [-0.05, 0) is 42.0 Å². The van der Waals surface area contributed by atoms with Crippen LogP contribution in [0.4, 0.5) is 11.4 Å². The number of benzene rings is 1. The van der Waals surface area contributed by atoms with Gasteiger partial charge in [-0.1, -0.05) is 13.8 Å². The first-order valence-electron chi connectivity index (χ1n) is 8.18. The highest BCUT2D eigenvalue weighted by atomic mass is 32.2. The van der Waals surface area contributed by atoms with Crippen LogP contribution in [0.2, 0.25) is 0 Å². The van der Waals surface area contributed by atoms with Crippen molar-refractivity contribution >= 4 is 33.3 Å². The number of sulfonamides is 1. The smallest absolute Gasteiger partial charge is 0.307 e. The molecule has 25 heavy (non-hydrogen) atoms. The van der Waals surface area contributed by atoms with Crippen molar-refractivity contribution in [3.05, 3.63) is 23.8 Å². The molecule has 1 saturated carbocycles. The predicted octanol–water partition coefficient (Wildman–Crippen LogP) is 1.69.